The predicted octanol–water partition coefficient (Wildman–Crippen LogP) is 1.98. The second-order valence-electron chi connectivity index (χ2n) is 3.21. The van der Waals surface area contributed by atoms with Crippen LogP contribution in [0.4, 0.5) is 14.6 Å². The molecule has 1 fully saturated rings. The summed E-state index contributed by atoms with van der Waals surface area (Å²) in [6.45, 7) is 0.0146. The molecule has 1 aliphatic heterocycles. The molecule has 2 rings (SSSR count). The second kappa shape index (κ2) is 3.31. The van der Waals surface area contributed by atoms with Gasteiger partial charge in [-0.2, -0.15) is 0 Å². The first-order valence-electron chi connectivity index (χ1n) is 4.18. The zero-order chi connectivity index (χ0) is 10.2. The van der Waals surface area contributed by atoms with Crippen LogP contribution in [0.3, 0.4) is 0 Å². The zero-order valence-corrected chi connectivity index (χ0v) is 8.01. The van der Waals surface area contributed by atoms with Crippen molar-refractivity contribution in [2.75, 3.05) is 18.0 Å². The van der Waals surface area contributed by atoms with Crippen molar-refractivity contribution in [2.45, 2.75) is 12.3 Å². The lowest BCUT2D eigenvalue weighted by Crippen LogP contribution is -2.25. The Morgan fingerprint density at radius 3 is 2.86 bits per heavy atom. The summed E-state index contributed by atoms with van der Waals surface area (Å²) in [6, 6.07) is 1.58. The van der Waals surface area contributed by atoms with Gasteiger partial charge in [-0.3, -0.25) is 0 Å². The Labute approximate surface area is 84.7 Å². The lowest BCUT2D eigenvalue weighted by atomic mass is 10.3. The third-order valence-electron chi connectivity index (χ3n) is 2.11. The topological polar surface area (TPSA) is 29.0 Å². The molecule has 1 saturated heterocycles. The molecule has 1 aliphatic rings. The summed E-state index contributed by atoms with van der Waals surface area (Å²) < 4.78 is 25.7. The second-order valence-corrected chi connectivity index (χ2v) is 3.55. The van der Waals surface area contributed by atoms with Crippen LogP contribution >= 0.6 is 11.6 Å². The van der Waals surface area contributed by atoms with Crippen molar-refractivity contribution in [3.05, 3.63) is 17.5 Å². The summed E-state index contributed by atoms with van der Waals surface area (Å²) >= 11 is 5.56. The maximum atomic E-state index is 12.9. The summed E-state index contributed by atoms with van der Waals surface area (Å²) in [5, 5.41) is 0.0812. The van der Waals surface area contributed by atoms with E-state index in [-0.39, 0.29) is 18.2 Å². The Hall–Kier alpha value is -0.970. The molecule has 0 saturated carbocycles. The highest BCUT2D eigenvalue weighted by atomic mass is 35.5. The van der Waals surface area contributed by atoms with E-state index in [0.29, 0.717) is 12.4 Å². The lowest BCUT2D eigenvalue weighted by Gasteiger charge is -2.16. The number of aromatic nitrogens is 2. The van der Waals surface area contributed by atoms with Gasteiger partial charge in [-0.1, -0.05) is 0 Å². The molecule has 0 spiro atoms. The maximum Gasteiger partial charge on any atom is 0.266 e. The van der Waals surface area contributed by atoms with E-state index >= 15 is 0 Å². The molecule has 0 aromatic carbocycles. The molecule has 2 heterocycles. The standard InChI is InChI=1S/C8H8ClF2N3/c9-7-12-3-1-6(13-7)14-4-2-8(10,11)5-14/h1,3H,2,4-5H2. The smallest absolute Gasteiger partial charge is 0.266 e. The summed E-state index contributed by atoms with van der Waals surface area (Å²) in [7, 11) is 0. The van der Waals surface area contributed by atoms with Gasteiger partial charge in [0.1, 0.15) is 5.82 Å². The Morgan fingerprint density at radius 2 is 2.29 bits per heavy atom. The van der Waals surface area contributed by atoms with Crippen LogP contribution in [0.2, 0.25) is 5.28 Å². The molecule has 0 atom stereocenters. The van der Waals surface area contributed by atoms with Crippen molar-refractivity contribution in [1.29, 1.82) is 0 Å². The third kappa shape index (κ3) is 1.92. The molecule has 3 nitrogen and oxygen atoms in total. The van der Waals surface area contributed by atoms with Gasteiger partial charge in [-0.15, -0.1) is 0 Å². The summed E-state index contributed by atoms with van der Waals surface area (Å²) in [5.41, 5.74) is 0. The van der Waals surface area contributed by atoms with Gasteiger partial charge in [-0.05, 0) is 17.7 Å². The summed E-state index contributed by atoms with van der Waals surface area (Å²) in [6.07, 6.45) is 1.33. The summed E-state index contributed by atoms with van der Waals surface area (Å²) in [4.78, 5) is 9.06. The fourth-order valence-electron chi connectivity index (χ4n) is 1.43. The fraction of sp³-hybridized carbons (Fsp3) is 0.500. The third-order valence-corrected chi connectivity index (χ3v) is 2.29. The SMILES string of the molecule is FC1(F)CCN(c2ccnc(Cl)n2)C1. The van der Waals surface area contributed by atoms with Crippen LogP contribution in [0.1, 0.15) is 6.42 Å². The maximum absolute atomic E-state index is 12.9. The zero-order valence-electron chi connectivity index (χ0n) is 7.25. The molecule has 0 unspecified atom stereocenters. The van der Waals surface area contributed by atoms with Gasteiger partial charge >= 0.3 is 0 Å². The molecule has 0 N–H and O–H groups in total. The van der Waals surface area contributed by atoms with Crippen LogP contribution in [0.15, 0.2) is 12.3 Å². The van der Waals surface area contributed by atoms with Gasteiger partial charge < -0.3 is 4.90 Å². The number of hydrogen-bond donors (Lipinski definition) is 0. The molecule has 76 valence electrons. The van der Waals surface area contributed by atoms with E-state index in [1.165, 1.54) is 11.1 Å². The summed E-state index contributed by atoms with van der Waals surface area (Å²) in [5.74, 6) is -2.15. The number of rotatable bonds is 1. The van der Waals surface area contributed by atoms with Gasteiger partial charge in [0, 0.05) is 19.2 Å². The highest BCUT2D eigenvalue weighted by molar-refractivity contribution is 6.28. The van der Waals surface area contributed by atoms with Crippen LogP contribution in [-0.2, 0) is 0 Å². The quantitative estimate of drug-likeness (QED) is 0.677. The Bertz CT molecular complexity index is 345. The van der Waals surface area contributed by atoms with E-state index in [9.17, 15) is 8.78 Å². The minimum atomic E-state index is -2.61. The monoisotopic (exact) mass is 219 g/mol. The normalized spacial score (nSPS) is 20.1. The molecule has 0 bridgehead atoms. The molecule has 0 amide bonds. The highest BCUT2D eigenvalue weighted by Crippen LogP contribution is 2.29. The van der Waals surface area contributed by atoms with E-state index in [2.05, 4.69) is 9.97 Å². The number of alkyl halides is 2. The van der Waals surface area contributed by atoms with Crippen molar-refractivity contribution >= 4 is 17.4 Å². The van der Waals surface area contributed by atoms with Gasteiger partial charge in [0.25, 0.3) is 5.92 Å². The highest BCUT2D eigenvalue weighted by Gasteiger charge is 2.38. The number of hydrogen-bond acceptors (Lipinski definition) is 3. The minimum absolute atomic E-state index is 0.0812. The first kappa shape index (κ1) is 9.58. The van der Waals surface area contributed by atoms with Crippen molar-refractivity contribution in [1.82, 2.24) is 9.97 Å². The van der Waals surface area contributed by atoms with Crippen molar-refractivity contribution in [2.24, 2.45) is 0 Å². The first-order valence-corrected chi connectivity index (χ1v) is 4.56. The predicted molar refractivity (Wildman–Crippen MR) is 48.8 cm³/mol. The molecular weight excluding hydrogens is 212 g/mol. The Kier molecular flexibility index (Phi) is 2.26. The van der Waals surface area contributed by atoms with Crippen LogP contribution in [0, 0.1) is 0 Å². The minimum Gasteiger partial charge on any atom is -0.350 e. The van der Waals surface area contributed by atoms with E-state index in [1.807, 2.05) is 0 Å². The molecular formula is C8H8ClF2N3. The molecule has 14 heavy (non-hydrogen) atoms. The molecule has 1 aromatic rings. The van der Waals surface area contributed by atoms with Crippen molar-refractivity contribution in [3.63, 3.8) is 0 Å². The number of halogens is 3. The van der Waals surface area contributed by atoms with Gasteiger partial charge in [0.2, 0.25) is 5.28 Å². The Balaban J connectivity index is 2.17. The molecule has 6 heteroatoms. The van der Waals surface area contributed by atoms with Crippen LogP contribution in [0.5, 0.6) is 0 Å². The largest absolute Gasteiger partial charge is 0.350 e. The molecule has 0 radical (unpaired) electrons. The first-order chi connectivity index (χ1) is 6.57. The Morgan fingerprint density at radius 1 is 1.50 bits per heavy atom. The van der Waals surface area contributed by atoms with Crippen LogP contribution in [-0.4, -0.2) is 29.0 Å². The number of nitrogens with zero attached hydrogens (tertiary/aromatic N) is 3. The van der Waals surface area contributed by atoms with Crippen LogP contribution in [0.25, 0.3) is 0 Å². The molecule has 0 aliphatic carbocycles. The van der Waals surface area contributed by atoms with Crippen molar-refractivity contribution < 1.29 is 8.78 Å². The van der Waals surface area contributed by atoms with Crippen molar-refractivity contribution in [3.8, 4) is 0 Å². The van der Waals surface area contributed by atoms with Gasteiger partial charge in [0.05, 0.1) is 6.54 Å². The lowest BCUT2D eigenvalue weighted by molar-refractivity contribution is 0.0256. The average molecular weight is 220 g/mol. The van der Waals surface area contributed by atoms with E-state index in [4.69, 9.17) is 11.6 Å². The fourth-order valence-corrected chi connectivity index (χ4v) is 1.58. The van der Waals surface area contributed by atoms with Gasteiger partial charge in [-0.25, -0.2) is 18.7 Å². The molecule has 1 aromatic heterocycles. The van der Waals surface area contributed by atoms with Crippen LogP contribution < -0.4 is 4.90 Å². The van der Waals surface area contributed by atoms with E-state index in [0.717, 1.165) is 0 Å². The van der Waals surface area contributed by atoms with E-state index in [1.54, 1.807) is 6.07 Å². The average Bonchev–Trinajstić information content (AvgIpc) is 2.46. The number of anilines is 1. The van der Waals surface area contributed by atoms with E-state index < -0.39 is 5.92 Å². The van der Waals surface area contributed by atoms with Gasteiger partial charge in [0.15, 0.2) is 0 Å².